The molecule has 0 saturated heterocycles. The Bertz CT molecular complexity index is 2990. The van der Waals surface area contributed by atoms with E-state index >= 15 is 0 Å². The van der Waals surface area contributed by atoms with Gasteiger partial charge in [0.05, 0.1) is 17.7 Å². The van der Waals surface area contributed by atoms with Crippen LogP contribution in [0.3, 0.4) is 0 Å². The highest BCUT2D eigenvalue weighted by Gasteiger charge is 2.28. The first kappa shape index (κ1) is 42.7. The number of ether oxygens (including phenoxy) is 1. The fourth-order valence-corrected chi connectivity index (χ4v) is 8.85. The normalized spacial score (nSPS) is 13.7. The van der Waals surface area contributed by atoms with Crippen molar-refractivity contribution in [1.29, 1.82) is 0 Å². The van der Waals surface area contributed by atoms with Crippen molar-refractivity contribution in [3.63, 3.8) is 0 Å². The number of benzene rings is 6. The van der Waals surface area contributed by atoms with Crippen LogP contribution < -0.4 is 14.5 Å². The highest BCUT2D eigenvalue weighted by atomic mass is 16.5. The standard InChI is InChI=1S/C59H62N4O/c1-56(2,3)43-26-27-60-55(36-43)63-53-25-22-41(40-18-14-12-15-19-40)30-52(53)51-24-23-49(38-54(51)63)64-50-35-46(59(10,11)42-20-16-13-17-21-42)34-48(37-50)62-29-28-61(39-62)47-32-44(57(4,5)6)31-45(33-47)58(7,8)9/h12-38H,39H2,1-11H3. The smallest absolute Gasteiger partial charge is 0.137 e. The van der Waals surface area contributed by atoms with E-state index in [0.29, 0.717) is 6.67 Å². The Hall–Kier alpha value is -6.59. The Morgan fingerprint density at radius 3 is 1.69 bits per heavy atom. The number of hydrogen-bond acceptors (Lipinski definition) is 4. The van der Waals surface area contributed by atoms with Gasteiger partial charge < -0.3 is 14.5 Å². The predicted molar refractivity (Wildman–Crippen MR) is 271 cm³/mol. The second kappa shape index (κ2) is 15.9. The Balaban J connectivity index is 1.14. The number of hydrogen-bond donors (Lipinski definition) is 0. The topological polar surface area (TPSA) is 33.5 Å². The third kappa shape index (κ3) is 8.32. The second-order valence-corrected chi connectivity index (χ2v) is 21.2. The molecule has 5 heteroatoms. The van der Waals surface area contributed by atoms with Crippen molar-refractivity contribution in [3.05, 3.63) is 192 Å². The summed E-state index contributed by atoms with van der Waals surface area (Å²) in [6, 6.07) is 52.9. The maximum atomic E-state index is 7.04. The van der Waals surface area contributed by atoms with Gasteiger partial charge in [0.2, 0.25) is 0 Å². The molecular weight excluding hydrogens is 781 g/mol. The van der Waals surface area contributed by atoms with Crippen LogP contribution >= 0.6 is 0 Å². The molecule has 64 heavy (non-hydrogen) atoms. The van der Waals surface area contributed by atoms with Gasteiger partial charge in [-0.1, -0.05) is 149 Å². The van der Waals surface area contributed by atoms with Gasteiger partial charge in [0.25, 0.3) is 0 Å². The van der Waals surface area contributed by atoms with Crippen LogP contribution in [0.25, 0.3) is 38.8 Å². The minimum absolute atomic E-state index is 0.0260. The van der Waals surface area contributed by atoms with E-state index in [-0.39, 0.29) is 21.7 Å². The Morgan fingerprint density at radius 2 is 1.05 bits per heavy atom. The summed E-state index contributed by atoms with van der Waals surface area (Å²) in [5.41, 5.74) is 12.9. The molecule has 9 rings (SSSR count). The third-order valence-electron chi connectivity index (χ3n) is 13.1. The van der Waals surface area contributed by atoms with Crippen LogP contribution in [-0.4, -0.2) is 16.2 Å². The zero-order chi connectivity index (χ0) is 45.2. The van der Waals surface area contributed by atoms with Crippen LogP contribution in [0, 0.1) is 0 Å². The molecule has 0 N–H and O–H groups in total. The molecule has 0 bridgehead atoms. The van der Waals surface area contributed by atoms with Crippen LogP contribution in [0.1, 0.15) is 104 Å². The van der Waals surface area contributed by atoms with Crippen molar-refractivity contribution in [3.8, 4) is 28.4 Å². The van der Waals surface area contributed by atoms with Gasteiger partial charge in [-0.05, 0) is 116 Å². The number of aromatic nitrogens is 2. The molecule has 0 amide bonds. The first-order valence-electron chi connectivity index (χ1n) is 22.7. The van der Waals surface area contributed by atoms with E-state index < -0.39 is 0 Å². The molecule has 0 spiro atoms. The SMILES string of the molecule is CC(C)(C)c1cc(N2C=CN(c3cc(Oc4ccc5c6cc(-c7ccccc7)ccc6n(-c6cc(C(C)(C)C)ccn6)c5c4)cc(C(C)(C)c4ccccc4)c3)C2)cc(C(C)(C)C)c1. The Kier molecular flexibility index (Phi) is 10.6. The minimum Gasteiger partial charge on any atom is -0.457 e. The zero-order valence-corrected chi connectivity index (χ0v) is 39.5. The maximum Gasteiger partial charge on any atom is 0.137 e. The summed E-state index contributed by atoms with van der Waals surface area (Å²) in [4.78, 5) is 9.67. The molecule has 0 saturated carbocycles. The molecule has 324 valence electrons. The highest BCUT2D eigenvalue weighted by Crippen LogP contribution is 2.42. The van der Waals surface area contributed by atoms with E-state index in [4.69, 9.17) is 9.72 Å². The Labute approximate surface area is 380 Å². The van der Waals surface area contributed by atoms with Crippen LogP contribution in [-0.2, 0) is 21.7 Å². The summed E-state index contributed by atoms with van der Waals surface area (Å²) in [5, 5.41) is 2.32. The van der Waals surface area contributed by atoms with Crippen molar-refractivity contribution in [2.24, 2.45) is 0 Å². The van der Waals surface area contributed by atoms with Crippen LogP contribution in [0.2, 0.25) is 0 Å². The molecule has 1 aliphatic rings. The fraction of sp³-hybridized carbons (Fsp3) is 0.271. The van der Waals surface area contributed by atoms with Crippen LogP contribution in [0.5, 0.6) is 11.5 Å². The monoisotopic (exact) mass is 842 g/mol. The van der Waals surface area contributed by atoms with Gasteiger partial charge >= 0.3 is 0 Å². The van der Waals surface area contributed by atoms with Crippen molar-refractivity contribution in [1.82, 2.24) is 9.55 Å². The summed E-state index contributed by atoms with van der Waals surface area (Å²) in [5.74, 6) is 2.44. The van der Waals surface area contributed by atoms with Crippen LogP contribution in [0.4, 0.5) is 11.4 Å². The summed E-state index contributed by atoms with van der Waals surface area (Å²) in [6.45, 7) is 25.8. The molecule has 5 nitrogen and oxygen atoms in total. The second-order valence-electron chi connectivity index (χ2n) is 21.2. The Morgan fingerprint density at radius 1 is 0.438 bits per heavy atom. The van der Waals surface area contributed by atoms with Gasteiger partial charge in [0.15, 0.2) is 0 Å². The molecule has 0 radical (unpaired) electrons. The number of anilines is 2. The van der Waals surface area contributed by atoms with E-state index in [1.165, 1.54) is 50.0 Å². The number of rotatable bonds is 8. The van der Waals surface area contributed by atoms with Gasteiger partial charge in [0.1, 0.15) is 17.3 Å². The van der Waals surface area contributed by atoms with Crippen molar-refractivity contribution in [2.45, 2.75) is 97.8 Å². The molecule has 1 aliphatic heterocycles. The summed E-state index contributed by atoms with van der Waals surface area (Å²) >= 11 is 0. The zero-order valence-electron chi connectivity index (χ0n) is 39.5. The van der Waals surface area contributed by atoms with E-state index in [1.807, 2.05) is 6.20 Å². The third-order valence-corrected chi connectivity index (χ3v) is 13.1. The largest absolute Gasteiger partial charge is 0.457 e. The average molecular weight is 843 g/mol. The first-order valence-corrected chi connectivity index (χ1v) is 22.7. The lowest BCUT2D eigenvalue weighted by molar-refractivity contribution is 0.480. The molecule has 0 aliphatic carbocycles. The maximum absolute atomic E-state index is 7.04. The molecule has 0 fully saturated rings. The van der Waals surface area contributed by atoms with E-state index in [9.17, 15) is 0 Å². The van der Waals surface area contributed by atoms with Gasteiger partial charge in [-0.15, -0.1) is 0 Å². The quantitative estimate of drug-likeness (QED) is 0.153. The van der Waals surface area contributed by atoms with E-state index in [1.54, 1.807) is 0 Å². The lowest BCUT2D eigenvalue weighted by atomic mass is 9.78. The summed E-state index contributed by atoms with van der Waals surface area (Å²) < 4.78 is 9.33. The molecule has 6 aromatic carbocycles. The van der Waals surface area contributed by atoms with E-state index in [0.717, 1.165) is 39.4 Å². The number of fused-ring (bicyclic) bond motifs is 3. The molecule has 0 atom stereocenters. The average Bonchev–Trinajstić information content (AvgIpc) is 3.89. The van der Waals surface area contributed by atoms with Gasteiger partial charge in [-0.25, -0.2) is 4.98 Å². The molecular formula is C59H62N4O. The summed E-state index contributed by atoms with van der Waals surface area (Å²) in [7, 11) is 0. The molecule has 8 aromatic rings. The van der Waals surface area contributed by atoms with Crippen molar-refractivity contribution in [2.75, 3.05) is 16.5 Å². The fourth-order valence-electron chi connectivity index (χ4n) is 8.85. The molecule has 3 heterocycles. The van der Waals surface area contributed by atoms with Gasteiger partial charge in [0, 0.05) is 58.3 Å². The molecule has 0 unspecified atom stereocenters. The van der Waals surface area contributed by atoms with E-state index in [2.05, 4.69) is 249 Å². The number of pyridine rings is 1. The minimum atomic E-state index is -0.294. The lowest BCUT2D eigenvalue weighted by Crippen LogP contribution is -2.26. The molecule has 2 aromatic heterocycles. The lowest BCUT2D eigenvalue weighted by Gasteiger charge is -2.30. The summed E-state index contributed by atoms with van der Waals surface area (Å²) in [6.07, 6.45) is 6.35. The van der Waals surface area contributed by atoms with Crippen molar-refractivity contribution < 1.29 is 4.74 Å². The number of nitrogens with zero attached hydrogens (tertiary/aromatic N) is 4. The van der Waals surface area contributed by atoms with Crippen LogP contribution in [0.15, 0.2) is 164 Å². The van der Waals surface area contributed by atoms with Gasteiger partial charge in [-0.3, -0.25) is 4.57 Å². The predicted octanol–water partition coefficient (Wildman–Crippen LogP) is 15.6. The van der Waals surface area contributed by atoms with Crippen molar-refractivity contribution >= 4 is 33.2 Å². The highest BCUT2D eigenvalue weighted by molar-refractivity contribution is 6.10. The first-order chi connectivity index (χ1) is 30.3. The van der Waals surface area contributed by atoms with Gasteiger partial charge in [-0.2, -0.15) is 0 Å².